The first-order valence-electron chi connectivity index (χ1n) is 9.81. The molecular weight excluding hydrogens is 428 g/mol. The number of allylic oxidation sites excluding steroid dienone is 1. The molecule has 1 aliphatic heterocycles. The van der Waals surface area contributed by atoms with Gasteiger partial charge in [0.2, 0.25) is 10.0 Å². The van der Waals surface area contributed by atoms with E-state index in [1.165, 1.54) is 12.2 Å². The van der Waals surface area contributed by atoms with Crippen LogP contribution in [-0.4, -0.2) is 75.0 Å². The second kappa shape index (κ2) is 10.4. The molecule has 1 aliphatic carbocycles. The molecule has 10 nitrogen and oxygen atoms in total. The van der Waals surface area contributed by atoms with Crippen molar-refractivity contribution in [2.24, 2.45) is 5.41 Å². The van der Waals surface area contributed by atoms with Crippen molar-refractivity contribution in [2.75, 3.05) is 32.7 Å². The molecule has 2 amide bonds. The van der Waals surface area contributed by atoms with Gasteiger partial charge in [0, 0.05) is 5.41 Å². The maximum Gasteiger partial charge on any atom is 0.435 e. The van der Waals surface area contributed by atoms with E-state index in [2.05, 4.69) is 13.2 Å². The van der Waals surface area contributed by atoms with E-state index in [0.717, 1.165) is 11.8 Å². The molecule has 174 valence electrons. The van der Waals surface area contributed by atoms with E-state index in [1.54, 1.807) is 13.0 Å². The lowest BCUT2D eigenvalue weighted by molar-refractivity contribution is -0.156. The van der Waals surface area contributed by atoms with Gasteiger partial charge < -0.3 is 18.9 Å². The molecule has 11 heteroatoms. The third-order valence-corrected chi connectivity index (χ3v) is 6.18. The molecular formula is C20H30N2O8S. The van der Waals surface area contributed by atoms with Gasteiger partial charge in [0.25, 0.3) is 0 Å². The van der Waals surface area contributed by atoms with Crippen LogP contribution in [0.4, 0.5) is 9.59 Å². The molecule has 1 saturated heterocycles. The van der Waals surface area contributed by atoms with Crippen LogP contribution in [0.3, 0.4) is 0 Å². The Morgan fingerprint density at radius 3 is 2.16 bits per heavy atom. The summed E-state index contributed by atoms with van der Waals surface area (Å²) in [4.78, 5) is 25.6. The van der Waals surface area contributed by atoms with E-state index < -0.39 is 40.0 Å². The molecule has 0 unspecified atom stereocenters. The summed E-state index contributed by atoms with van der Waals surface area (Å²) >= 11 is 0. The number of rotatable bonds is 8. The second-order valence-electron chi connectivity index (χ2n) is 7.62. The SMILES string of the molecule is C=CCOC(=O)N(C(=O)OCC=C)N([C@@H]1C=C(C)CC[C@]1(C)C1OCCO1)S(C)(=O)=O. The fraction of sp³-hybridized carbons (Fsp3) is 0.600. The Morgan fingerprint density at radius 1 is 1.19 bits per heavy atom. The Morgan fingerprint density at radius 2 is 1.71 bits per heavy atom. The molecule has 0 aromatic heterocycles. The first kappa shape index (κ1) is 25.1. The highest BCUT2D eigenvalue weighted by Gasteiger charge is 2.53. The van der Waals surface area contributed by atoms with Crippen LogP contribution in [0.25, 0.3) is 0 Å². The van der Waals surface area contributed by atoms with Crippen molar-refractivity contribution < 1.29 is 37.0 Å². The van der Waals surface area contributed by atoms with E-state index in [1.807, 2.05) is 6.92 Å². The minimum absolute atomic E-state index is 0.229. The van der Waals surface area contributed by atoms with Gasteiger partial charge in [0.1, 0.15) is 13.2 Å². The molecule has 0 bridgehead atoms. The second-order valence-corrected chi connectivity index (χ2v) is 9.46. The lowest BCUT2D eigenvalue weighted by Gasteiger charge is -2.47. The Bertz CT molecular complexity index is 810. The van der Waals surface area contributed by atoms with Gasteiger partial charge in [-0.15, -0.1) is 5.01 Å². The number of sulfonamides is 1. The molecule has 0 aromatic carbocycles. The summed E-state index contributed by atoms with van der Waals surface area (Å²) in [6, 6.07) is -0.980. The average Bonchev–Trinajstić information content (AvgIpc) is 3.25. The molecule has 2 rings (SSSR count). The number of nitrogens with zero attached hydrogens (tertiary/aromatic N) is 2. The third kappa shape index (κ3) is 5.73. The van der Waals surface area contributed by atoms with Gasteiger partial charge in [0.15, 0.2) is 6.29 Å². The first-order valence-corrected chi connectivity index (χ1v) is 11.7. The first-order chi connectivity index (χ1) is 14.6. The van der Waals surface area contributed by atoms with Gasteiger partial charge in [0.05, 0.1) is 25.5 Å². The number of hydrogen-bond acceptors (Lipinski definition) is 8. The summed E-state index contributed by atoms with van der Waals surface area (Å²) in [7, 11) is -4.18. The van der Waals surface area contributed by atoms with E-state index in [9.17, 15) is 18.0 Å². The zero-order valence-electron chi connectivity index (χ0n) is 18.1. The van der Waals surface area contributed by atoms with Crippen LogP contribution in [-0.2, 0) is 29.0 Å². The number of hydrazine groups is 1. The van der Waals surface area contributed by atoms with Crippen molar-refractivity contribution in [1.29, 1.82) is 0 Å². The topological polar surface area (TPSA) is 112 Å². The molecule has 2 atom stereocenters. The smallest absolute Gasteiger partial charge is 0.435 e. The van der Waals surface area contributed by atoms with Crippen LogP contribution in [0, 0.1) is 5.41 Å². The van der Waals surface area contributed by atoms with E-state index in [4.69, 9.17) is 18.9 Å². The Hall–Kier alpha value is -2.21. The van der Waals surface area contributed by atoms with Gasteiger partial charge >= 0.3 is 12.2 Å². The maximum absolute atomic E-state index is 13.0. The van der Waals surface area contributed by atoms with Crippen molar-refractivity contribution >= 4 is 22.2 Å². The average molecular weight is 459 g/mol. The molecule has 0 saturated carbocycles. The highest BCUT2D eigenvalue weighted by molar-refractivity contribution is 7.88. The minimum Gasteiger partial charge on any atom is -0.444 e. The highest BCUT2D eigenvalue weighted by Crippen LogP contribution is 2.45. The minimum atomic E-state index is -4.18. The quantitative estimate of drug-likeness (QED) is 0.403. The Balaban J connectivity index is 2.60. The van der Waals surface area contributed by atoms with E-state index in [0.29, 0.717) is 35.5 Å². The molecule has 1 fully saturated rings. The Kier molecular flexibility index (Phi) is 8.41. The van der Waals surface area contributed by atoms with Crippen LogP contribution in [0.5, 0.6) is 0 Å². The zero-order chi connectivity index (χ0) is 23.2. The monoisotopic (exact) mass is 458 g/mol. The summed E-state index contributed by atoms with van der Waals surface area (Å²) in [5.41, 5.74) is 0.00221. The van der Waals surface area contributed by atoms with Gasteiger partial charge in [-0.05, 0) is 19.8 Å². The largest absolute Gasteiger partial charge is 0.444 e. The number of ether oxygens (including phenoxy) is 4. The van der Waals surface area contributed by atoms with Crippen LogP contribution in [0.15, 0.2) is 37.0 Å². The third-order valence-electron chi connectivity index (χ3n) is 5.11. The fourth-order valence-electron chi connectivity index (χ4n) is 3.57. The number of imide groups is 1. The predicted molar refractivity (Wildman–Crippen MR) is 112 cm³/mol. The number of carbonyl (C=O) groups is 2. The normalized spacial score (nSPS) is 24.4. The van der Waals surface area contributed by atoms with Crippen molar-refractivity contribution in [3.8, 4) is 0 Å². The lowest BCUT2D eigenvalue weighted by atomic mass is 9.72. The molecule has 0 radical (unpaired) electrons. The van der Waals surface area contributed by atoms with E-state index >= 15 is 0 Å². The van der Waals surface area contributed by atoms with Crippen molar-refractivity contribution in [1.82, 2.24) is 9.42 Å². The predicted octanol–water partition coefficient (Wildman–Crippen LogP) is 2.60. The van der Waals surface area contributed by atoms with Crippen LogP contribution < -0.4 is 0 Å². The van der Waals surface area contributed by atoms with Gasteiger partial charge in [-0.1, -0.05) is 48.3 Å². The van der Waals surface area contributed by atoms with Gasteiger partial charge in [-0.3, -0.25) is 0 Å². The lowest BCUT2D eigenvalue weighted by Crippen LogP contribution is -2.63. The zero-order valence-corrected chi connectivity index (χ0v) is 18.9. The van der Waals surface area contributed by atoms with Crippen molar-refractivity contribution in [2.45, 2.75) is 39.0 Å². The van der Waals surface area contributed by atoms with Crippen molar-refractivity contribution in [3.05, 3.63) is 37.0 Å². The highest BCUT2D eigenvalue weighted by atomic mass is 32.2. The summed E-state index contributed by atoms with van der Waals surface area (Å²) in [5, 5.41) is 0.356. The number of amides is 2. The summed E-state index contributed by atoms with van der Waals surface area (Å²) in [6.07, 6.45) is 3.22. The maximum atomic E-state index is 13.0. The summed E-state index contributed by atoms with van der Waals surface area (Å²) in [5.74, 6) is 0. The molecule has 1 heterocycles. The molecule has 0 spiro atoms. The molecule has 2 aliphatic rings. The molecule has 31 heavy (non-hydrogen) atoms. The fourth-order valence-corrected chi connectivity index (χ4v) is 4.71. The molecule has 0 aromatic rings. The Labute approximate surface area is 183 Å². The van der Waals surface area contributed by atoms with Crippen LogP contribution in [0.1, 0.15) is 26.7 Å². The van der Waals surface area contributed by atoms with E-state index in [-0.39, 0.29) is 13.2 Å². The molecule has 0 N–H and O–H groups in total. The van der Waals surface area contributed by atoms with Crippen LogP contribution in [0.2, 0.25) is 0 Å². The van der Waals surface area contributed by atoms with Crippen LogP contribution >= 0.6 is 0 Å². The summed E-state index contributed by atoms with van der Waals surface area (Å²) < 4.78 is 48.0. The standard InChI is InChI=1S/C20H30N2O8S/c1-6-10-29-18(23)21(19(24)30-11-7-2)22(31(5,25)26)16-14-15(3)8-9-20(16,4)17-27-12-13-28-17/h6-7,14,16-17H,1-2,8-13H2,3-5H3/t16-,20+/m1/s1. The van der Waals surface area contributed by atoms with Gasteiger partial charge in [-0.2, -0.15) is 0 Å². The number of hydrogen-bond donors (Lipinski definition) is 0. The van der Waals surface area contributed by atoms with Crippen molar-refractivity contribution in [3.63, 3.8) is 0 Å². The summed E-state index contributed by atoms with van der Waals surface area (Å²) in [6.45, 7) is 10.8. The number of carbonyl (C=O) groups excluding carboxylic acids is 2. The van der Waals surface area contributed by atoms with Gasteiger partial charge in [-0.25, -0.2) is 18.0 Å².